The summed E-state index contributed by atoms with van der Waals surface area (Å²) in [5.74, 6) is 0.445. The van der Waals surface area contributed by atoms with Gasteiger partial charge >= 0.3 is 14.7 Å². The van der Waals surface area contributed by atoms with Gasteiger partial charge in [-0.3, -0.25) is 13.0 Å². The Hall–Kier alpha value is -0.453. The standard InChI is InChI=1S/C13H24F2O2Si/c1-18(14,15)11-5-10-17-13(16)9-8-12-6-3-2-4-7-12/h12H,2-11H2,1H3. The first kappa shape index (κ1) is 15.6. The molecule has 5 heteroatoms. The zero-order valence-electron chi connectivity index (χ0n) is 11.2. The predicted octanol–water partition coefficient (Wildman–Crippen LogP) is 4.29. The van der Waals surface area contributed by atoms with Crippen LogP contribution in [0.1, 0.15) is 51.4 Å². The topological polar surface area (TPSA) is 26.3 Å². The summed E-state index contributed by atoms with van der Waals surface area (Å²) in [6.45, 7) is 1.18. The molecule has 0 aromatic carbocycles. The average molecular weight is 278 g/mol. The van der Waals surface area contributed by atoms with E-state index in [1.807, 2.05) is 0 Å². The van der Waals surface area contributed by atoms with E-state index in [1.54, 1.807) is 0 Å². The van der Waals surface area contributed by atoms with Crippen LogP contribution in [0.4, 0.5) is 8.22 Å². The van der Waals surface area contributed by atoms with Crippen molar-refractivity contribution in [3.05, 3.63) is 0 Å². The maximum absolute atomic E-state index is 12.6. The summed E-state index contributed by atoms with van der Waals surface area (Å²) >= 11 is 0. The number of ether oxygens (including phenoxy) is 1. The van der Waals surface area contributed by atoms with Crippen LogP contribution >= 0.6 is 0 Å². The Morgan fingerprint density at radius 3 is 2.56 bits per heavy atom. The number of esters is 1. The molecule has 0 aromatic rings. The number of halogens is 2. The van der Waals surface area contributed by atoms with Crippen LogP contribution in [0.5, 0.6) is 0 Å². The first-order chi connectivity index (χ1) is 8.47. The van der Waals surface area contributed by atoms with Gasteiger partial charge in [-0.15, -0.1) is 0 Å². The summed E-state index contributed by atoms with van der Waals surface area (Å²) in [7, 11) is -3.97. The molecule has 0 atom stereocenters. The quantitative estimate of drug-likeness (QED) is 0.300. The summed E-state index contributed by atoms with van der Waals surface area (Å²) in [6.07, 6.45) is 7.96. The fourth-order valence-electron chi connectivity index (χ4n) is 2.44. The molecule has 0 aromatic heterocycles. The molecular weight excluding hydrogens is 254 g/mol. The molecule has 18 heavy (non-hydrogen) atoms. The Balaban J connectivity index is 2.00. The third-order valence-corrected chi connectivity index (χ3v) is 4.74. The molecule has 1 aliphatic rings. The zero-order chi connectivity index (χ0) is 13.4. The van der Waals surface area contributed by atoms with Crippen LogP contribution in [-0.4, -0.2) is 21.3 Å². The Morgan fingerprint density at radius 2 is 1.94 bits per heavy atom. The van der Waals surface area contributed by atoms with Gasteiger partial charge in [0.25, 0.3) is 0 Å². The van der Waals surface area contributed by atoms with Gasteiger partial charge in [0.1, 0.15) is 0 Å². The van der Waals surface area contributed by atoms with E-state index in [1.165, 1.54) is 32.1 Å². The molecule has 0 spiro atoms. The van der Waals surface area contributed by atoms with Crippen molar-refractivity contribution in [2.45, 2.75) is 64.0 Å². The lowest BCUT2D eigenvalue weighted by atomic mass is 9.86. The molecule has 1 rings (SSSR count). The van der Waals surface area contributed by atoms with Gasteiger partial charge in [-0.1, -0.05) is 32.1 Å². The van der Waals surface area contributed by atoms with Gasteiger partial charge in [0, 0.05) is 12.5 Å². The highest BCUT2D eigenvalue weighted by Gasteiger charge is 2.26. The van der Waals surface area contributed by atoms with Crippen LogP contribution in [0.2, 0.25) is 12.6 Å². The van der Waals surface area contributed by atoms with Crippen molar-refractivity contribution in [2.75, 3.05) is 6.61 Å². The van der Waals surface area contributed by atoms with Gasteiger partial charge in [-0.2, -0.15) is 0 Å². The number of hydrogen-bond acceptors (Lipinski definition) is 2. The van der Waals surface area contributed by atoms with Crippen LogP contribution in [0, 0.1) is 5.92 Å². The Kier molecular flexibility index (Phi) is 6.82. The van der Waals surface area contributed by atoms with Crippen molar-refractivity contribution in [2.24, 2.45) is 5.92 Å². The van der Waals surface area contributed by atoms with Gasteiger partial charge in [-0.05, 0) is 25.3 Å². The summed E-state index contributed by atoms with van der Waals surface area (Å²) < 4.78 is 30.3. The number of rotatable bonds is 7. The molecule has 0 bridgehead atoms. The maximum Gasteiger partial charge on any atom is 0.422 e. The molecule has 0 aliphatic heterocycles. The van der Waals surface area contributed by atoms with Crippen molar-refractivity contribution < 1.29 is 17.7 Å². The summed E-state index contributed by atoms with van der Waals surface area (Å²) in [4.78, 5) is 11.4. The second-order valence-electron chi connectivity index (χ2n) is 5.44. The van der Waals surface area contributed by atoms with Crippen molar-refractivity contribution in [1.29, 1.82) is 0 Å². The molecule has 0 amide bonds. The van der Waals surface area contributed by atoms with Gasteiger partial charge in [-0.25, -0.2) is 0 Å². The zero-order valence-corrected chi connectivity index (χ0v) is 12.2. The van der Waals surface area contributed by atoms with E-state index in [-0.39, 0.29) is 18.6 Å². The van der Waals surface area contributed by atoms with Crippen LogP contribution in [0.15, 0.2) is 0 Å². The molecule has 1 aliphatic carbocycles. The average Bonchev–Trinajstić information content (AvgIpc) is 2.32. The van der Waals surface area contributed by atoms with Gasteiger partial charge < -0.3 is 4.74 Å². The van der Waals surface area contributed by atoms with Crippen LogP contribution in [-0.2, 0) is 9.53 Å². The van der Waals surface area contributed by atoms with E-state index in [0.717, 1.165) is 13.0 Å². The van der Waals surface area contributed by atoms with Crippen molar-refractivity contribution in [3.8, 4) is 0 Å². The molecule has 1 fully saturated rings. The second-order valence-corrected chi connectivity index (χ2v) is 8.08. The predicted molar refractivity (Wildman–Crippen MR) is 70.0 cm³/mol. The van der Waals surface area contributed by atoms with Crippen molar-refractivity contribution >= 4 is 14.7 Å². The first-order valence-electron chi connectivity index (χ1n) is 7.01. The molecule has 1 saturated carbocycles. The third-order valence-electron chi connectivity index (χ3n) is 3.50. The first-order valence-corrected chi connectivity index (χ1v) is 9.47. The molecule has 0 N–H and O–H groups in total. The van der Waals surface area contributed by atoms with E-state index in [4.69, 9.17) is 4.74 Å². The number of carbonyl (C=O) groups excluding carboxylic acids is 1. The minimum absolute atomic E-state index is 0.0805. The summed E-state index contributed by atoms with van der Waals surface area (Å²) in [5, 5.41) is 0. The highest BCUT2D eigenvalue weighted by molar-refractivity contribution is 6.64. The van der Waals surface area contributed by atoms with Gasteiger partial charge in [0.2, 0.25) is 0 Å². The summed E-state index contributed by atoms with van der Waals surface area (Å²) in [5.41, 5.74) is 0. The molecule has 0 radical (unpaired) electrons. The van der Waals surface area contributed by atoms with Crippen LogP contribution in [0.25, 0.3) is 0 Å². The van der Waals surface area contributed by atoms with Crippen molar-refractivity contribution in [3.63, 3.8) is 0 Å². The second kappa shape index (κ2) is 7.87. The van der Waals surface area contributed by atoms with Crippen LogP contribution in [0.3, 0.4) is 0 Å². The SMILES string of the molecule is C[Si](F)(F)CCCOC(=O)CCC1CCCCC1. The Labute approximate surface area is 109 Å². The highest BCUT2D eigenvalue weighted by atomic mass is 28.4. The van der Waals surface area contributed by atoms with E-state index in [9.17, 15) is 13.0 Å². The largest absolute Gasteiger partial charge is 0.466 e. The molecular formula is C13H24F2O2Si. The fraction of sp³-hybridized carbons (Fsp3) is 0.923. The van der Waals surface area contributed by atoms with E-state index < -0.39 is 8.74 Å². The molecule has 2 nitrogen and oxygen atoms in total. The minimum atomic E-state index is -3.97. The summed E-state index contributed by atoms with van der Waals surface area (Å²) in [6, 6.07) is -0.0805. The fourth-order valence-corrected chi connectivity index (χ4v) is 3.20. The molecule has 0 heterocycles. The smallest absolute Gasteiger partial charge is 0.422 e. The van der Waals surface area contributed by atoms with Crippen LogP contribution < -0.4 is 0 Å². The number of carbonyl (C=O) groups is 1. The van der Waals surface area contributed by atoms with Crippen molar-refractivity contribution in [1.82, 2.24) is 0 Å². The third kappa shape index (κ3) is 7.79. The molecule has 106 valence electrons. The lowest BCUT2D eigenvalue weighted by Gasteiger charge is -2.20. The van der Waals surface area contributed by atoms with E-state index >= 15 is 0 Å². The van der Waals surface area contributed by atoms with Gasteiger partial charge in [0.05, 0.1) is 6.61 Å². The highest BCUT2D eigenvalue weighted by Crippen LogP contribution is 2.27. The Bertz CT molecular complexity index is 248. The normalized spacial score (nSPS) is 17.7. The number of hydrogen-bond donors (Lipinski definition) is 0. The molecule has 0 unspecified atom stereocenters. The monoisotopic (exact) mass is 278 g/mol. The lowest BCUT2D eigenvalue weighted by molar-refractivity contribution is -0.144. The van der Waals surface area contributed by atoms with E-state index in [2.05, 4.69) is 0 Å². The Morgan fingerprint density at radius 1 is 1.28 bits per heavy atom. The molecule has 0 saturated heterocycles. The minimum Gasteiger partial charge on any atom is -0.466 e. The van der Waals surface area contributed by atoms with E-state index in [0.29, 0.717) is 18.8 Å². The van der Waals surface area contributed by atoms with Gasteiger partial charge in [0.15, 0.2) is 0 Å². The maximum atomic E-state index is 12.6. The lowest BCUT2D eigenvalue weighted by Crippen LogP contribution is -2.17.